The molecule has 0 fully saturated rings. The van der Waals surface area contributed by atoms with E-state index in [0.717, 1.165) is 19.1 Å². The third-order valence-electron chi connectivity index (χ3n) is 2.48. The van der Waals surface area contributed by atoms with Crippen molar-refractivity contribution < 1.29 is 14.1 Å². The van der Waals surface area contributed by atoms with Gasteiger partial charge in [-0.05, 0) is 50.4 Å². The number of benzene rings is 1. The normalized spacial score (nSPS) is 10.6. The summed E-state index contributed by atoms with van der Waals surface area (Å²) in [5.41, 5.74) is 0.555. The fraction of sp³-hybridized carbons (Fsp3) is 0.308. The molecule has 106 valence electrons. The highest BCUT2D eigenvalue weighted by atomic mass is 79.9. The fourth-order valence-corrected chi connectivity index (χ4v) is 3.04. The number of nitrogens with zero attached hydrogens (tertiary/aromatic N) is 2. The third kappa shape index (κ3) is 3.67. The molecule has 0 saturated carbocycles. The van der Waals surface area contributed by atoms with E-state index in [1.165, 1.54) is 0 Å². The highest BCUT2D eigenvalue weighted by molar-refractivity contribution is 9.11. The van der Waals surface area contributed by atoms with Gasteiger partial charge in [-0.1, -0.05) is 12.1 Å². The van der Waals surface area contributed by atoms with Gasteiger partial charge in [0.1, 0.15) is 12.0 Å². The van der Waals surface area contributed by atoms with Crippen molar-refractivity contribution >= 4 is 38.1 Å². The summed E-state index contributed by atoms with van der Waals surface area (Å²) < 4.78 is 12.1. The van der Waals surface area contributed by atoms with Gasteiger partial charge in [0.05, 0.1) is 8.95 Å². The largest absolute Gasteiger partial charge is 0.481 e. The molecule has 0 aliphatic rings. The summed E-state index contributed by atoms with van der Waals surface area (Å²) in [5, 5.41) is 3.85. The average molecular weight is 404 g/mol. The summed E-state index contributed by atoms with van der Waals surface area (Å²) in [6.45, 7) is 2.23. The van der Waals surface area contributed by atoms with Gasteiger partial charge in [0.15, 0.2) is 12.4 Å². The van der Waals surface area contributed by atoms with E-state index in [4.69, 9.17) is 9.26 Å². The van der Waals surface area contributed by atoms with Gasteiger partial charge < -0.3 is 9.26 Å². The van der Waals surface area contributed by atoms with Crippen LogP contribution in [-0.2, 0) is 13.0 Å². The number of aldehydes is 1. The number of halogens is 2. The van der Waals surface area contributed by atoms with Gasteiger partial charge in [-0.3, -0.25) is 4.79 Å². The highest BCUT2D eigenvalue weighted by Gasteiger charge is 2.12. The molecule has 1 heterocycles. The molecule has 0 saturated heterocycles. The Bertz CT molecular complexity index is 590. The second-order valence-corrected chi connectivity index (χ2v) is 5.78. The Kier molecular flexibility index (Phi) is 5.31. The summed E-state index contributed by atoms with van der Waals surface area (Å²) >= 11 is 6.72. The molecule has 0 amide bonds. The Morgan fingerprint density at radius 3 is 2.65 bits per heavy atom. The first kappa shape index (κ1) is 15.2. The Balaban J connectivity index is 2.08. The molecule has 0 spiro atoms. The molecule has 20 heavy (non-hydrogen) atoms. The van der Waals surface area contributed by atoms with Crippen LogP contribution in [-0.4, -0.2) is 16.4 Å². The van der Waals surface area contributed by atoms with E-state index in [2.05, 4.69) is 48.9 Å². The predicted octanol–water partition coefficient (Wildman–Crippen LogP) is 3.94. The standard InChI is InChI=1S/C13H12Br2N2O3/c1-2-3-11-16-12(20-17-11)7-19-13-9(14)4-8(6-18)5-10(13)15/h4-6H,2-3,7H2,1H3. The van der Waals surface area contributed by atoms with Gasteiger partial charge >= 0.3 is 0 Å². The Morgan fingerprint density at radius 2 is 2.05 bits per heavy atom. The van der Waals surface area contributed by atoms with Gasteiger partial charge in [-0.25, -0.2) is 0 Å². The Morgan fingerprint density at radius 1 is 1.35 bits per heavy atom. The molecule has 0 N–H and O–H groups in total. The predicted molar refractivity (Wildman–Crippen MR) is 79.9 cm³/mol. The van der Waals surface area contributed by atoms with Crippen LogP contribution in [0.15, 0.2) is 25.6 Å². The molecule has 0 radical (unpaired) electrons. The Hall–Kier alpha value is -1.21. The molecule has 5 nitrogen and oxygen atoms in total. The summed E-state index contributed by atoms with van der Waals surface area (Å²) in [5.74, 6) is 1.69. The topological polar surface area (TPSA) is 65.2 Å². The molecule has 0 bridgehead atoms. The summed E-state index contributed by atoms with van der Waals surface area (Å²) in [7, 11) is 0. The minimum atomic E-state index is 0.175. The number of carbonyl (C=O) groups excluding carboxylic acids is 1. The fourth-order valence-electron chi connectivity index (χ4n) is 1.59. The molecule has 0 unspecified atom stereocenters. The second-order valence-electron chi connectivity index (χ2n) is 4.07. The lowest BCUT2D eigenvalue weighted by Gasteiger charge is -2.08. The van der Waals surface area contributed by atoms with E-state index >= 15 is 0 Å². The first-order chi connectivity index (χ1) is 9.63. The molecule has 1 aromatic carbocycles. The van der Waals surface area contributed by atoms with Gasteiger partial charge in [0, 0.05) is 12.0 Å². The monoisotopic (exact) mass is 402 g/mol. The molecular formula is C13H12Br2N2O3. The van der Waals surface area contributed by atoms with Crippen LogP contribution in [0.3, 0.4) is 0 Å². The number of rotatable bonds is 6. The van der Waals surface area contributed by atoms with Crippen LogP contribution in [0.2, 0.25) is 0 Å². The number of aromatic nitrogens is 2. The van der Waals surface area contributed by atoms with E-state index < -0.39 is 0 Å². The van der Waals surface area contributed by atoms with E-state index in [-0.39, 0.29) is 6.61 Å². The maximum Gasteiger partial charge on any atom is 0.264 e. The molecule has 0 atom stereocenters. The van der Waals surface area contributed by atoms with E-state index in [9.17, 15) is 4.79 Å². The van der Waals surface area contributed by atoms with Gasteiger partial charge in [-0.2, -0.15) is 4.98 Å². The number of hydrogen-bond donors (Lipinski definition) is 0. The summed E-state index contributed by atoms with van der Waals surface area (Å²) in [6.07, 6.45) is 2.52. The molecule has 1 aromatic heterocycles. The van der Waals surface area contributed by atoms with Crippen LogP contribution < -0.4 is 4.74 Å². The summed E-state index contributed by atoms with van der Waals surface area (Å²) in [6, 6.07) is 3.37. The maximum atomic E-state index is 10.8. The highest BCUT2D eigenvalue weighted by Crippen LogP contribution is 2.34. The summed E-state index contributed by atoms with van der Waals surface area (Å²) in [4.78, 5) is 15.0. The van der Waals surface area contributed by atoms with Gasteiger partial charge in [-0.15, -0.1) is 0 Å². The molecule has 7 heteroatoms. The van der Waals surface area contributed by atoms with Crippen molar-refractivity contribution in [1.82, 2.24) is 10.1 Å². The van der Waals surface area contributed by atoms with Crippen molar-refractivity contribution in [3.63, 3.8) is 0 Å². The molecule has 2 aromatic rings. The van der Waals surface area contributed by atoms with Gasteiger partial charge in [0.2, 0.25) is 0 Å². The van der Waals surface area contributed by atoms with Crippen LogP contribution in [0.1, 0.15) is 35.4 Å². The Labute approximate surface area is 133 Å². The van der Waals surface area contributed by atoms with E-state index in [1.54, 1.807) is 12.1 Å². The van der Waals surface area contributed by atoms with Crippen LogP contribution >= 0.6 is 31.9 Å². The van der Waals surface area contributed by atoms with Crippen molar-refractivity contribution in [3.05, 3.63) is 38.4 Å². The van der Waals surface area contributed by atoms with Gasteiger partial charge in [0.25, 0.3) is 5.89 Å². The third-order valence-corrected chi connectivity index (χ3v) is 3.66. The van der Waals surface area contributed by atoms with Crippen molar-refractivity contribution in [2.24, 2.45) is 0 Å². The molecule has 0 aliphatic carbocycles. The zero-order valence-electron chi connectivity index (χ0n) is 10.7. The van der Waals surface area contributed by atoms with E-state index in [1.807, 2.05) is 0 Å². The lowest BCUT2D eigenvalue weighted by atomic mass is 10.2. The lowest BCUT2D eigenvalue weighted by molar-refractivity contribution is 0.112. The number of ether oxygens (including phenoxy) is 1. The van der Waals surface area contributed by atoms with Crippen LogP contribution in [0, 0.1) is 0 Å². The minimum Gasteiger partial charge on any atom is -0.481 e. The number of carbonyl (C=O) groups is 1. The average Bonchev–Trinajstić information content (AvgIpc) is 2.85. The van der Waals surface area contributed by atoms with Crippen molar-refractivity contribution in [2.45, 2.75) is 26.4 Å². The van der Waals surface area contributed by atoms with Crippen LogP contribution in [0.4, 0.5) is 0 Å². The SMILES string of the molecule is CCCc1noc(COc2c(Br)cc(C=O)cc2Br)n1. The van der Waals surface area contributed by atoms with Crippen LogP contribution in [0.25, 0.3) is 0 Å². The lowest BCUT2D eigenvalue weighted by Crippen LogP contribution is -1.98. The number of hydrogen-bond acceptors (Lipinski definition) is 5. The quantitative estimate of drug-likeness (QED) is 0.683. The first-order valence-corrected chi connectivity index (χ1v) is 7.61. The smallest absolute Gasteiger partial charge is 0.264 e. The van der Waals surface area contributed by atoms with Crippen molar-refractivity contribution in [2.75, 3.05) is 0 Å². The van der Waals surface area contributed by atoms with Crippen molar-refractivity contribution in [1.29, 1.82) is 0 Å². The second kappa shape index (κ2) is 6.99. The van der Waals surface area contributed by atoms with Crippen LogP contribution in [0.5, 0.6) is 5.75 Å². The number of aryl methyl sites for hydroxylation is 1. The minimum absolute atomic E-state index is 0.175. The molecule has 2 rings (SSSR count). The molecule has 0 aliphatic heterocycles. The van der Waals surface area contributed by atoms with Crippen molar-refractivity contribution in [3.8, 4) is 5.75 Å². The molecular weight excluding hydrogens is 392 g/mol. The maximum absolute atomic E-state index is 10.8. The first-order valence-electron chi connectivity index (χ1n) is 6.02. The zero-order valence-corrected chi connectivity index (χ0v) is 13.9. The zero-order chi connectivity index (χ0) is 14.5. The van der Waals surface area contributed by atoms with E-state index in [0.29, 0.717) is 32.0 Å².